The van der Waals surface area contributed by atoms with Crippen LogP contribution in [0.2, 0.25) is 5.02 Å². The summed E-state index contributed by atoms with van der Waals surface area (Å²) in [5.74, 6) is 0.0457. The van der Waals surface area contributed by atoms with Crippen molar-refractivity contribution in [3.05, 3.63) is 40.7 Å². The second-order valence-corrected chi connectivity index (χ2v) is 6.87. The van der Waals surface area contributed by atoms with Gasteiger partial charge in [-0.3, -0.25) is 9.69 Å². The number of hydrogen-bond acceptors (Lipinski definition) is 6. The van der Waals surface area contributed by atoms with Gasteiger partial charge in [-0.15, -0.1) is 10.2 Å². The van der Waals surface area contributed by atoms with Crippen LogP contribution in [-0.2, 0) is 17.0 Å². The standard InChI is InChI=1S/C16H15ClN4O3S/c1-9-11(14(22)21(2)15(23)18-9)7-13-19-20-16(24-13)25-8-10-5-3-4-6-12(10)17/h3-6,11H,7-8H2,1-2H3. The van der Waals surface area contributed by atoms with E-state index in [4.69, 9.17) is 16.0 Å². The van der Waals surface area contributed by atoms with Crippen molar-refractivity contribution in [2.75, 3.05) is 7.05 Å². The first-order chi connectivity index (χ1) is 12.0. The number of aliphatic imine (C=N–C) groups is 1. The lowest BCUT2D eigenvalue weighted by Crippen LogP contribution is -2.44. The number of aromatic nitrogens is 2. The second-order valence-electron chi connectivity index (χ2n) is 5.53. The third-order valence-electron chi connectivity index (χ3n) is 3.83. The number of carbonyl (C=O) groups excluding carboxylic acids is 2. The number of urea groups is 1. The van der Waals surface area contributed by atoms with Gasteiger partial charge >= 0.3 is 6.03 Å². The largest absolute Gasteiger partial charge is 0.416 e. The first-order valence-corrected chi connectivity index (χ1v) is 8.87. The van der Waals surface area contributed by atoms with Crippen molar-refractivity contribution in [3.63, 3.8) is 0 Å². The average molecular weight is 379 g/mol. The summed E-state index contributed by atoms with van der Waals surface area (Å²) in [6, 6.07) is 6.98. The van der Waals surface area contributed by atoms with E-state index in [1.165, 1.54) is 18.8 Å². The van der Waals surface area contributed by atoms with Crippen LogP contribution in [0.1, 0.15) is 18.4 Å². The molecule has 1 aromatic carbocycles. The zero-order valence-electron chi connectivity index (χ0n) is 13.6. The van der Waals surface area contributed by atoms with Gasteiger partial charge in [0, 0.05) is 30.0 Å². The minimum Gasteiger partial charge on any atom is -0.416 e. The number of halogens is 1. The first kappa shape index (κ1) is 17.6. The lowest BCUT2D eigenvalue weighted by molar-refractivity contribution is -0.129. The normalized spacial score (nSPS) is 17.8. The second kappa shape index (κ2) is 7.37. The van der Waals surface area contributed by atoms with Crippen LogP contribution in [0.25, 0.3) is 0 Å². The summed E-state index contributed by atoms with van der Waals surface area (Å²) < 4.78 is 5.59. The van der Waals surface area contributed by atoms with Gasteiger partial charge in [0.05, 0.1) is 5.92 Å². The Morgan fingerprint density at radius 1 is 1.28 bits per heavy atom. The maximum absolute atomic E-state index is 12.2. The Morgan fingerprint density at radius 3 is 2.80 bits per heavy atom. The van der Waals surface area contributed by atoms with Gasteiger partial charge < -0.3 is 4.42 Å². The molecule has 2 aromatic rings. The monoisotopic (exact) mass is 378 g/mol. The smallest absolute Gasteiger partial charge is 0.349 e. The van der Waals surface area contributed by atoms with Crippen LogP contribution in [0.15, 0.2) is 38.9 Å². The molecule has 9 heteroatoms. The fourth-order valence-corrected chi connectivity index (χ4v) is 3.42. The Bertz CT molecular complexity index is 851. The number of thioether (sulfide) groups is 1. The fourth-order valence-electron chi connectivity index (χ4n) is 2.35. The van der Waals surface area contributed by atoms with Crippen LogP contribution in [0.3, 0.4) is 0 Å². The molecule has 1 aromatic heterocycles. The lowest BCUT2D eigenvalue weighted by atomic mass is 9.97. The van der Waals surface area contributed by atoms with Crippen molar-refractivity contribution in [1.82, 2.24) is 15.1 Å². The minimum absolute atomic E-state index is 0.214. The summed E-state index contributed by atoms with van der Waals surface area (Å²) in [5.41, 5.74) is 1.43. The molecule has 1 aliphatic heterocycles. The van der Waals surface area contributed by atoms with Crippen molar-refractivity contribution in [1.29, 1.82) is 0 Å². The molecule has 2 heterocycles. The van der Waals surface area contributed by atoms with Crippen LogP contribution in [0, 0.1) is 5.92 Å². The molecule has 0 bridgehead atoms. The Hall–Kier alpha value is -2.19. The molecule has 0 spiro atoms. The van der Waals surface area contributed by atoms with E-state index < -0.39 is 11.9 Å². The third kappa shape index (κ3) is 3.91. The molecule has 1 atom stereocenters. The molecular weight excluding hydrogens is 364 g/mol. The van der Waals surface area contributed by atoms with Gasteiger partial charge in [-0.2, -0.15) is 0 Å². The molecule has 130 valence electrons. The molecule has 25 heavy (non-hydrogen) atoms. The minimum atomic E-state index is -0.565. The number of hydrogen-bond donors (Lipinski definition) is 0. The highest BCUT2D eigenvalue weighted by Crippen LogP contribution is 2.26. The molecule has 0 saturated carbocycles. The number of benzene rings is 1. The summed E-state index contributed by atoms with van der Waals surface area (Å²) in [6.45, 7) is 1.65. The molecular formula is C16H15ClN4O3S. The topological polar surface area (TPSA) is 88.7 Å². The molecule has 0 fully saturated rings. The highest BCUT2D eigenvalue weighted by atomic mass is 35.5. The van der Waals surface area contributed by atoms with Gasteiger partial charge in [-0.05, 0) is 18.6 Å². The zero-order chi connectivity index (χ0) is 18.0. The van der Waals surface area contributed by atoms with Crippen LogP contribution in [-0.4, -0.2) is 39.8 Å². The molecule has 7 nitrogen and oxygen atoms in total. The Balaban J connectivity index is 1.66. The Kier molecular flexibility index (Phi) is 5.19. The number of imide groups is 1. The molecule has 1 unspecified atom stereocenters. The highest BCUT2D eigenvalue weighted by Gasteiger charge is 2.34. The highest BCUT2D eigenvalue weighted by molar-refractivity contribution is 7.98. The average Bonchev–Trinajstić information content (AvgIpc) is 3.04. The molecule has 3 amide bonds. The van der Waals surface area contributed by atoms with Gasteiger partial charge in [0.15, 0.2) is 0 Å². The summed E-state index contributed by atoms with van der Waals surface area (Å²) in [6.07, 6.45) is 0.214. The van der Waals surface area contributed by atoms with Crippen molar-refractivity contribution in [2.45, 2.75) is 24.3 Å². The predicted octanol–water partition coefficient (Wildman–Crippen LogP) is 3.23. The van der Waals surface area contributed by atoms with Gasteiger partial charge in [0.2, 0.25) is 11.8 Å². The van der Waals surface area contributed by atoms with Crippen molar-refractivity contribution in [2.24, 2.45) is 10.9 Å². The molecule has 3 rings (SSSR count). The number of nitrogens with zero attached hydrogens (tertiary/aromatic N) is 4. The molecule has 1 aliphatic rings. The van der Waals surface area contributed by atoms with E-state index in [-0.39, 0.29) is 12.3 Å². The Morgan fingerprint density at radius 2 is 2.04 bits per heavy atom. The number of carbonyl (C=O) groups is 2. The van der Waals surface area contributed by atoms with Crippen molar-refractivity contribution >= 4 is 41.0 Å². The van der Waals surface area contributed by atoms with E-state index in [1.807, 2.05) is 24.3 Å². The van der Waals surface area contributed by atoms with Crippen LogP contribution in [0.4, 0.5) is 4.79 Å². The number of rotatable bonds is 5. The lowest BCUT2D eigenvalue weighted by Gasteiger charge is -2.24. The van der Waals surface area contributed by atoms with E-state index in [9.17, 15) is 9.59 Å². The van der Waals surface area contributed by atoms with Crippen LogP contribution in [0.5, 0.6) is 0 Å². The first-order valence-electron chi connectivity index (χ1n) is 7.51. The molecule has 0 saturated heterocycles. The summed E-state index contributed by atoms with van der Waals surface area (Å²) in [7, 11) is 1.41. The quantitative estimate of drug-likeness (QED) is 0.742. The predicted molar refractivity (Wildman–Crippen MR) is 93.8 cm³/mol. The molecule has 0 N–H and O–H groups in total. The van der Waals surface area contributed by atoms with Gasteiger partial charge in [-0.1, -0.05) is 41.6 Å². The van der Waals surface area contributed by atoms with Crippen LogP contribution >= 0.6 is 23.4 Å². The van der Waals surface area contributed by atoms with Crippen molar-refractivity contribution < 1.29 is 14.0 Å². The van der Waals surface area contributed by atoms with Gasteiger partial charge in [0.1, 0.15) is 0 Å². The summed E-state index contributed by atoms with van der Waals surface area (Å²) in [5, 5.41) is 9.04. The Labute approximate surface area is 153 Å². The van der Waals surface area contributed by atoms with Gasteiger partial charge in [-0.25, -0.2) is 9.79 Å². The van der Waals surface area contributed by atoms with E-state index in [0.29, 0.717) is 27.6 Å². The summed E-state index contributed by atoms with van der Waals surface area (Å²) in [4.78, 5) is 28.6. The van der Waals surface area contributed by atoms with E-state index in [2.05, 4.69) is 15.2 Å². The van der Waals surface area contributed by atoms with E-state index in [0.717, 1.165) is 10.5 Å². The zero-order valence-corrected chi connectivity index (χ0v) is 15.2. The number of amides is 3. The molecule has 0 aliphatic carbocycles. The van der Waals surface area contributed by atoms with Crippen LogP contribution < -0.4 is 0 Å². The third-order valence-corrected chi connectivity index (χ3v) is 5.06. The van der Waals surface area contributed by atoms with Gasteiger partial charge in [0.25, 0.3) is 5.22 Å². The molecule has 0 radical (unpaired) electrons. The van der Waals surface area contributed by atoms with E-state index in [1.54, 1.807) is 6.92 Å². The summed E-state index contributed by atoms with van der Waals surface area (Å²) >= 11 is 7.49. The maximum atomic E-state index is 12.2. The van der Waals surface area contributed by atoms with Crippen molar-refractivity contribution in [3.8, 4) is 0 Å². The SMILES string of the molecule is CC1=NC(=O)N(C)C(=O)C1Cc1nnc(SCc2ccccc2Cl)o1. The fraction of sp³-hybridized carbons (Fsp3) is 0.312. The maximum Gasteiger partial charge on any atom is 0.349 e. The van der Waals surface area contributed by atoms with E-state index >= 15 is 0 Å².